The van der Waals surface area contributed by atoms with Crippen LogP contribution in [0.4, 0.5) is 0 Å². The molecular weight excluding hydrogens is 325 g/mol. The molecule has 1 saturated heterocycles. The SMILES string of the molecule is CC(c1ccccn1)n1ccc2ncc(B3OC(C)(C)C(C)(C)O3)cc21. The number of fused-ring (bicyclic) bond motifs is 1. The van der Waals surface area contributed by atoms with Gasteiger partial charge >= 0.3 is 7.12 Å². The quantitative estimate of drug-likeness (QED) is 0.681. The molecule has 1 atom stereocenters. The Morgan fingerprint density at radius 1 is 1.04 bits per heavy atom. The molecule has 1 unspecified atom stereocenters. The molecule has 1 aliphatic rings. The molecule has 0 aromatic carbocycles. The van der Waals surface area contributed by atoms with Crippen molar-refractivity contribution in [3.05, 3.63) is 54.6 Å². The van der Waals surface area contributed by atoms with Gasteiger partial charge in [0, 0.05) is 24.1 Å². The highest BCUT2D eigenvalue weighted by molar-refractivity contribution is 6.62. The van der Waals surface area contributed by atoms with Crippen LogP contribution in [0.2, 0.25) is 0 Å². The Balaban J connectivity index is 1.72. The summed E-state index contributed by atoms with van der Waals surface area (Å²) in [6.45, 7) is 10.4. The van der Waals surface area contributed by atoms with E-state index in [0.29, 0.717) is 0 Å². The van der Waals surface area contributed by atoms with Gasteiger partial charge in [0.15, 0.2) is 0 Å². The van der Waals surface area contributed by atoms with E-state index >= 15 is 0 Å². The second kappa shape index (κ2) is 5.93. The third kappa shape index (κ3) is 2.74. The third-order valence-corrected chi connectivity index (χ3v) is 5.65. The summed E-state index contributed by atoms with van der Waals surface area (Å²) in [5.41, 5.74) is 3.23. The molecular formula is C20H24BN3O2. The van der Waals surface area contributed by atoms with Gasteiger partial charge in [0.1, 0.15) is 0 Å². The largest absolute Gasteiger partial charge is 0.496 e. The molecule has 4 heterocycles. The van der Waals surface area contributed by atoms with Crippen LogP contribution in [0.1, 0.15) is 46.4 Å². The van der Waals surface area contributed by atoms with E-state index in [2.05, 4.69) is 61.4 Å². The van der Waals surface area contributed by atoms with Crippen molar-refractivity contribution in [3.8, 4) is 0 Å². The fourth-order valence-corrected chi connectivity index (χ4v) is 3.26. The van der Waals surface area contributed by atoms with Gasteiger partial charge in [0.05, 0.1) is 34.0 Å². The summed E-state index contributed by atoms with van der Waals surface area (Å²) >= 11 is 0. The first kappa shape index (κ1) is 17.2. The summed E-state index contributed by atoms with van der Waals surface area (Å²) in [7, 11) is -0.412. The van der Waals surface area contributed by atoms with Crippen molar-refractivity contribution in [1.29, 1.82) is 0 Å². The molecule has 0 N–H and O–H groups in total. The van der Waals surface area contributed by atoms with E-state index in [4.69, 9.17) is 9.31 Å². The molecule has 0 bridgehead atoms. The van der Waals surface area contributed by atoms with Gasteiger partial charge in [-0.25, -0.2) is 0 Å². The number of nitrogens with zero attached hydrogens (tertiary/aromatic N) is 3. The Bertz CT molecular complexity index is 921. The summed E-state index contributed by atoms with van der Waals surface area (Å²) < 4.78 is 14.5. The van der Waals surface area contributed by atoms with Crippen LogP contribution in [0.25, 0.3) is 11.0 Å². The highest BCUT2D eigenvalue weighted by atomic mass is 16.7. The second-order valence-electron chi connectivity index (χ2n) is 7.91. The molecule has 3 aromatic rings. The number of rotatable bonds is 3. The van der Waals surface area contributed by atoms with Crippen LogP contribution < -0.4 is 5.46 Å². The van der Waals surface area contributed by atoms with Gasteiger partial charge in [-0.3, -0.25) is 9.97 Å². The summed E-state index contributed by atoms with van der Waals surface area (Å²) in [6, 6.07) is 10.2. The number of hydrogen-bond acceptors (Lipinski definition) is 4. The van der Waals surface area contributed by atoms with Gasteiger partial charge in [0.25, 0.3) is 0 Å². The van der Waals surface area contributed by atoms with E-state index < -0.39 is 7.12 Å². The van der Waals surface area contributed by atoms with Crippen LogP contribution in [0.3, 0.4) is 0 Å². The molecule has 0 saturated carbocycles. The predicted octanol–water partition coefficient (Wildman–Crippen LogP) is 3.34. The predicted molar refractivity (Wildman–Crippen MR) is 103 cm³/mol. The van der Waals surface area contributed by atoms with E-state index in [1.807, 2.05) is 36.7 Å². The zero-order chi connectivity index (χ0) is 18.5. The van der Waals surface area contributed by atoms with Crippen molar-refractivity contribution >= 4 is 23.6 Å². The number of pyridine rings is 2. The van der Waals surface area contributed by atoms with Crippen LogP contribution in [0.15, 0.2) is 48.9 Å². The van der Waals surface area contributed by atoms with Gasteiger partial charge in [-0.15, -0.1) is 0 Å². The molecule has 3 aromatic heterocycles. The highest BCUT2D eigenvalue weighted by Crippen LogP contribution is 2.36. The fraction of sp³-hybridized carbons (Fsp3) is 0.400. The molecule has 26 heavy (non-hydrogen) atoms. The molecule has 0 amide bonds. The third-order valence-electron chi connectivity index (χ3n) is 5.65. The van der Waals surface area contributed by atoms with Crippen molar-refractivity contribution in [2.24, 2.45) is 0 Å². The Kier molecular flexibility index (Phi) is 3.93. The molecule has 5 nitrogen and oxygen atoms in total. The minimum atomic E-state index is -0.412. The number of aromatic nitrogens is 3. The van der Waals surface area contributed by atoms with E-state index in [1.54, 1.807) is 0 Å². The minimum Gasteiger partial charge on any atom is -0.399 e. The van der Waals surface area contributed by atoms with Crippen LogP contribution in [-0.4, -0.2) is 32.9 Å². The van der Waals surface area contributed by atoms with Crippen molar-refractivity contribution in [3.63, 3.8) is 0 Å². The Morgan fingerprint density at radius 3 is 2.42 bits per heavy atom. The normalized spacial score (nSPS) is 19.8. The standard InChI is InChI=1S/C20H24BN3O2/c1-14(16-8-6-7-10-22-16)24-11-9-17-18(24)12-15(13-23-17)21-25-19(2,3)20(4,5)26-21/h6-14H,1-5H3. The van der Waals surface area contributed by atoms with Crippen molar-refractivity contribution in [1.82, 2.24) is 14.5 Å². The fourth-order valence-electron chi connectivity index (χ4n) is 3.26. The molecule has 4 rings (SSSR count). The number of hydrogen-bond donors (Lipinski definition) is 0. The minimum absolute atomic E-state index is 0.115. The molecule has 0 spiro atoms. The topological polar surface area (TPSA) is 49.2 Å². The first-order valence-corrected chi connectivity index (χ1v) is 9.01. The molecule has 1 aliphatic heterocycles. The zero-order valence-corrected chi connectivity index (χ0v) is 15.9. The first-order chi connectivity index (χ1) is 12.3. The summed E-state index contributed by atoms with van der Waals surface area (Å²) in [4.78, 5) is 9.11. The Hall–Kier alpha value is -2.18. The lowest BCUT2D eigenvalue weighted by Crippen LogP contribution is -2.41. The highest BCUT2D eigenvalue weighted by Gasteiger charge is 2.51. The van der Waals surface area contributed by atoms with Crippen LogP contribution in [0, 0.1) is 0 Å². The van der Waals surface area contributed by atoms with Gasteiger partial charge < -0.3 is 13.9 Å². The van der Waals surface area contributed by atoms with Gasteiger partial charge in [0.2, 0.25) is 0 Å². The summed E-state index contributed by atoms with van der Waals surface area (Å²) in [5, 5.41) is 0. The maximum absolute atomic E-state index is 6.18. The van der Waals surface area contributed by atoms with Crippen LogP contribution >= 0.6 is 0 Å². The van der Waals surface area contributed by atoms with Crippen molar-refractivity contribution in [2.75, 3.05) is 0 Å². The maximum Gasteiger partial charge on any atom is 0.496 e. The first-order valence-electron chi connectivity index (χ1n) is 9.01. The smallest absolute Gasteiger partial charge is 0.399 e. The molecule has 0 radical (unpaired) electrons. The lowest BCUT2D eigenvalue weighted by atomic mass is 9.80. The summed E-state index contributed by atoms with van der Waals surface area (Å²) in [6.07, 6.45) is 5.73. The van der Waals surface area contributed by atoms with Crippen molar-refractivity contribution in [2.45, 2.75) is 51.9 Å². The summed E-state index contributed by atoms with van der Waals surface area (Å²) in [5.74, 6) is 0. The van der Waals surface area contributed by atoms with Gasteiger partial charge in [-0.2, -0.15) is 0 Å². The monoisotopic (exact) mass is 349 g/mol. The van der Waals surface area contributed by atoms with Crippen LogP contribution in [-0.2, 0) is 9.31 Å². The maximum atomic E-state index is 6.18. The Labute approximate surface area is 154 Å². The molecule has 1 fully saturated rings. The Morgan fingerprint density at radius 2 is 1.77 bits per heavy atom. The van der Waals surface area contributed by atoms with Crippen molar-refractivity contribution < 1.29 is 9.31 Å². The molecule has 6 heteroatoms. The molecule has 134 valence electrons. The lowest BCUT2D eigenvalue weighted by molar-refractivity contribution is 0.00578. The van der Waals surface area contributed by atoms with Gasteiger partial charge in [-0.05, 0) is 58.9 Å². The lowest BCUT2D eigenvalue weighted by Gasteiger charge is -2.32. The van der Waals surface area contributed by atoms with E-state index in [-0.39, 0.29) is 17.2 Å². The average Bonchev–Trinajstić information content (AvgIpc) is 3.12. The van der Waals surface area contributed by atoms with Gasteiger partial charge in [-0.1, -0.05) is 6.07 Å². The average molecular weight is 349 g/mol. The van der Waals surface area contributed by atoms with E-state index in [1.165, 1.54) is 0 Å². The zero-order valence-electron chi connectivity index (χ0n) is 15.9. The van der Waals surface area contributed by atoms with E-state index in [0.717, 1.165) is 22.2 Å². The second-order valence-corrected chi connectivity index (χ2v) is 7.91. The van der Waals surface area contributed by atoms with E-state index in [9.17, 15) is 0 Å². The van der Waals surface area contributed by atoms with Crippen LogP contribution in [0.5, 0.6) is 0 Å². The molecule has 0 aliphatic carbocycles.